The summed E-state index contributed by atoms with van der Waals surface area (Å²) in [5.74, 6) is 0. The van der Waals surface area contributed by atoms with E-state index in [1.807, 2.05) is 29.7 Å². The van der Waals surface area contributed by atoms with Crippen molar-refractivity contribution >= 4 is 22.7 Å². The molecule has 0 aromatic carbocycles. The lowest BCUT2D eigenvalue weighted by molar-refractivity contribution is 0.606. The molecular formula is C13H17NS2. The molecule has 0 fully saturated rings. The van der Waals surface area contributed by atoms with E-state index in [0.29, 0.717) is 6.04 Å². The summed E-state index contributed by atoms with van der Waals surface area (Å²) in [6, 6.07) is 7.10. The van der Waals surface area contributed by atoms with Gasteiger partial charge in [-0.2, -0.15) is 0 Å². The summed E-state index contributed by atoms with van der Waals surface area (Å²) in [6.45, 7) is 4.38. The van der Waals surface area contributed by atoms with Crippen LogP contribution in [0.2, 0.25) is 0 Å². The van der Waals surface area contributed by atoms with Crippen molar-refractivity contribution in [2.75, 3.05) is 7.05 Å². The van der Waals surface area contributed by atoms with Crippen LogP contribution in [-0.2, 0) is 6.42 Å². The van der Waals surface area contributed by atoms with E-state index in [1.165, 1.54) is 20.2 Å². The summed E-state index contributed by atoms with van der Waals surface area (Å²) in [5, 5.41) is 5.56. The summed E-state index contributed by atoms with van der Waals surface area (Å²) in [6.07, 6.45) is 1.09. The van der Waals surface area contributed by atoms with Gasteiger partial charge in [-0.1, -0.05) is 6.07 Å². The number of likely N-dealkylation sites (N-methyl/N-ethyl adjacent to an activating group) is 1. The summed E-state index contributed by atoms with van der Waals surface area (Å²) in [4.78, 5) is 4.33. The Morgan fingerprint density at radius 3 is 2.69 bits per heavy atom. The molecule has 0 aliphatic rings. The van der Waals surface area contributed by atoms with Crippen LogP contribution in [0.15, 0.2) is 23.6 Å². The zero-order valence-electron chi connectivity index (χ0n) is 9.91. The van der Waals surface area contributed by atoms with Gasteiger partial charge in [0.1, 0.15) is 0 Å². The molecule has 0 aliphatic carbocycles. The maximum Gasteiger partial charge on any atom is 0.0461 e. The lowest BCUT2D eigenvalue weighted by Gasteiger charge is -2.13. The Morgan fingerprint density at radius 1 is 1.38 bits per heavy atom. The second-order valence-corrected chi connectivity index (χ2v) is 6.33. The van der Waals surface area contributed by atoms with E-state index in [9.17, 15) is 0 Å². The van der Waals surface area contributed by atoms with E-state index in [1.54, 1.807) is 0 Å². The quantitative estimate of drug-likeness (QED) is 0.868. The van der Waals surface area contributed by atoms with E-state index in [2.05, 4.69) is 42.7 Å². The molecule has 2 aromatic heterocycles. The van der Waals surface area contributed by atoms with Gasteiger partial charge in [0, 0.05) is 27.1 Å². The third-order valence-corrected chi connectivity index (χ3v) is 5.03. The van der Waals surface area contributed by atoms with Crippen LogP contribution in [-0.4, -0.2) is 7.05 Å². The molecule has 1 unspecified atom stereocenters. The molecule has 0 bridgehead atoms. The molecular weight excluding hydrogens is 234 g/mol. The third-order valence-electron chi connectivity index (χ3n) is 2.86. The van der Waals surface area contributed by atoms with Gasteiger partial charge in [0.15, 0.2) is 0 Å². The van der Waals surface area contributed by atoms with Crippen LogP contribution < -0.4 is 5.32 Å². The molecule has 0 spiro atoms. The fourth-order valence-corrected chi connectivity index (χ4v) is 3.65. The van der Waals surface area contributed by atoms with Crippen LogP contribution in [0.5, 0.6) is 0 Å². The third kappa shape index (κ3) is 2.54. The maximum atomic E-state index is 3.41. The fourth-order valence-electron chi connectivity index (χ4n) is 1.75. The normalized spacial score (nSPS) is 12.9. The Bertz CT molecular complexity index is 423. The summed E-state index contributed by atoms with van der Waals surface area (Å²) >= 11 is 3.75. The first-order chi connectivity index (χ1) is 7.70. The molecule has 0 saturated carbocycles. The van der Waals surface area contributed by atoms with Crippen molar-refractivity contribution in [3.05, 3.63) is 43.8 Å². The Hall–Kier alpha value is -0.640. The highest BCUT2D eigenvalue weighted by atomic mass is 32.1. The summed E-state index contributed by atoms with van der Waals surface area (Å²) in [5.41, 5.74) is 1.41. The smallest absolute Gasteiger partial charge is 0.0461 e. The Labute approximate surface area is 105 Å². The zero-order chi connectivity index (χ0) is 11.5. The molecule has 0 amide bonds. The molecule has 0 aliphatic heterocycles. The lowest BCUT2D eigenvalue weighted by Crippen LogP contribution is -2.17. The SMILES string of the molecule is CNC(Cc1cccs1)c1cc(C)c(C)s1. The van der Waals surface area contributed by atoms with Crippen molar-refractivity contribution in [3.63, 3.8) is 0 Å². The van der Waals surface area contributed by atoms with Crippen LogP contribution >= 0.6 is 22.7 Å². The molecule has 86 valence electrons. The molecule has 1 nitrogen and oxygen atoms in total. The molecule has 1 atom stereocenters. The van der Waals surface area contributed by atoms with Crippen molar-refractivity contribution in [3.8, 4) is 0 Å². The van der Waals surface area contributed by atoms with Crippen molar-refractivity contribution < 1.29 is 0 Å². The van der Waals surface area contributed by atoms with Crippen LogP contribution in [0, 0.1) is 13.8 Å². The molecule has 2 heterocycles. The highest BCUT2D eigenvalue weighted by molar-refractivity contribution is 7.12. The predicted octanol–water partition coefficient (Wildman–Crippen LogP) is 3.93. The average molecular weight is 251 g/mol. The second-order valence-electron chi connectivity index (χ2n) is 4.01. The van der Waals surface area contributed by atoms with Gasteiger partial charge in [-0.3, -0.25) is 0 Å². The van der Waals surface area contributed by atoms with Crippen LogP contribution in [0.25, 0.3) is 0 Å². The highest BCUT2D eigenvalue weighted by Crippen LogP contribution is 2.29. The molecule has 16 heavy (non-hydrogen) atoms. The van der Waals surface area contributed by atoms with Crippen molar-refractivity contribution in [2.24, 2.45) is 0 Å². The number of rotatable bonds is 4. The van der Waals surface area contributed by atoms with Gasteiger partial charge in [0.05, 0.1) is 0 Å². The van der Waals surface area contributed by atoms with Crippen molar-refractivity contribution in [1.29, 1.82) is 0 Å². The summed E-state index contributed by atoms with van der Waals surface area (Å²) in [7, 11) is 2.04. The highest BCUT2D eigenvalue weighted by Gasteiger charge is 2.13. The summed E-state index contributed by atoms with van der Waals surface area (Å²) < 4.78 is 0. The molecule has 3 heteroatoms. The maximum absolute atomic E-state index is 3.41. The monoisotopic (exact) mass is 251 g/mol. The molecule has 1 N–H and O–H groups in total. The number of thiophene rings is 2. The van der Waals surface area contributed by atoms with Gasteiger partial charge in [0.2, 0.25) is 0 Å². The Balaban J connectivity index is 2.16. The van der Waals surface area contributed by atoms with Gasteiger partial charge < -0.3 is 5.32 Å². The first kappa shape index (κ1) is 11.8. The topological polar surface area (TPSA) is 12.0 Å². The van der Waals surface area contributed by atoms with Gasteiger partial charge in [-0.25, -0.2) is 0 Å². The lowest BCUT2D eigenvalue weighted by atomic mass is 10.1. The average Bonchev–Trinajstić information content (AvgIpc) is 2.86. The largest absolute Gasteiger partial charge is 0.312 e. The number of hydrogen-bond acceptors (Lipinski definition) is 3. The molecule has 2 aromatic rings. The van der Waals surface area contributed by atoms with E-state index in [-0.39, 0.29) is 0 Å². The van der Waals surface area contributed by atoms with Gasteiger partial charge in [-0.15, -0.1) is 22.7 Å². The van der Waals surface area contributed by atoms with E-state index in [4.69, 9.17) is 0 Å². The minimum atomic E-state index is 0.455. The van der Waals surface area contributed by atoms with Crippen molar-refractivity contribution in [2.45, 2.75) is 26.3 Å². The standard InChI is InChI=1S/C13H17NS2/c1-9-7-13(16-10(9)2)12(14-3)8-11-5-4-6-15-11/h4-7,12,14H,8H2,1-3H3. The van der Waals surface area contributed by atoms with Gasteiger partial charge in [0.25, 0.3) is 0 Å². The number of nitrogens with one attached hydrogen (secondary N) is 1. The minimum absolute atomic E-state index is 0.455. The first-order valence-corrected chi connectivity index (χ1v) is 7.17. The number of hydrogen-bond donors (Lipinski definition) is 1. The number of aryl methyl sites for hydroxylation is 2. The van der Waals surface area contributed by atoms with Crippen molar-refractivity contribution in [1.82, 2.24) is 5.32 Å². The molecule has 0 radical (unpaired) electrons. The van der Waals surface area contributed by atoms with Crippen LogP contribution in [0.1, 0.15) is 26.2 Å². The Kier molecular flexibility index (Phi) is 3.79. The second kappa shape index (κ2) is 5.13. The van der Waals surface area contributed by atoms with Crippen LogP contribution in [0.4, 0.5) is 0 Å². The zero-order valence-corrected chi connectivity index (χ0v) is 11.5. The predicted molar refractivity (Wildman–Crippen MR) is 73.6 cm³/mol. The fraction of sp³-hybridized carbons (Fsp3) is 0.385. The Morgan fingerprint density at radius 2 is 2.19 bits per heavy atom. The first-order valence-electron chi connectivity index (χ1n) is 5.47. The van der Waals surface area contributed by atoms with E-state index >= 15 is 0 Å². The van der Waals surface area contributed by atoms with E-state index < -0.39 is 0 Å². The minimum Gasteiger partial charge on any atom is -0.312 e. The van der Waals surface area contributed by atoms with Gasteiger partial charge in [-0.05, 0) is 44.0 Å². The molecule has 0 saturated heterocycles. The van der Waals surface area contributed by atoms with E-state index in [0.717, 1.165) is 6.42 Å². The van der Waals surface area contributed by atoms with Crippen LogP contribution in [0.3, 0.4) is 0 Å². The molecule has 2 rings (SSSR count). The van der Waals surface area contributed by atoms with Gasteiger partial charge >= 0.3 is 0 Å².